The fourth-order valence-corrected chi connectivity index (χ4v) is 2.79. The van der Waals surface area contributed by atoms with E-state index in [1.54, 1.807) is 13.1 Å². The van der Waals surface area contributed by atoms with Gasteiger partial charge >= 0.3 is 0 Å². The van der Waals surface area contributed by atoms with Gasteiger partial charge < -0.3 is 20.6 Å². The van der Waals surface area contributed by atoms with Crippen LogP contribution in [0.1, 0.15) is 18.5 Å². The van der Waals surface area contributed by atoms with Crippen LogP contribution in [0.15, 0.2) is 23.1 Å². The molecule has 1 atom stereocenters. The summed E-state index contributed by atoms with van der Waals surface area (Å²) < 4.78 is 0. The third-order valence-corrected chi connectivity index (χ3v) is 3.93. The van der Waals surface area contributed by atoms with Crippen LogP contribution in [-0.4, -0.2) is 57.3 Å². The Morgan fingerprint density at radius 2 is 2.20 bits per heavy atom. The van der Waals surface area contributed by atoms with Gasteiger partial charge in [0.25, 0.3) is 5.56 Å². The van der Waals surface area contributed by atoms with Crippen molar-refractivity contribution in [3.63, 3.8) is 0 Å². The molecule has 1 fully saturated rings. The second-order valence-corrected chi connectivity index (χ2v) is 6.07. The van der Waals surface area contributed by atoms with Crippen molar-refractivity contribution in [3.8, 4) is 0 Å². The van der Waals surface area contributed by atoms with Gasteiger partial charge in [0.2, 0.25) is 11.9 Å². The standard InChI is InChI=1S/C16H23N7O2/c1-11-9-14(25)22-16(20-11)19-7-6-18-15-17-5-4-13(21-15)23-8-2-3-12(24)10-23/h4-5,9,12,24H,2-3,6-8,10H2,1H3,(H,17,18,21)(H2,19,20,22,25)/t12-/m0/s1. The predicted molar refractivity (Wildman–Crippen MR) is 96.1 cm³/mol. The lowest BCUT2D eigenvalue weighted by molar-refractivity contribution is 0.154. The summed E-state index contributed by atoms with van der Waals surface area (Å²) in [5.41, 5.74) is 0.488. The van der Waals surface area contributed by atoms with Gasteiger partial charge in [-0.3, -0.25) is 9.78 Å². The van der Waals surface area contributed by atoms with E-state index in [1.165, 1.54) is 6.07 Å². The summed E-state index contributed by atoms with van der Waals surface area (Å²) in [5.74, 6) is 1.79. The summed E-state index contributed by atoms with van der Waals surface area (Å²) >= 11 is 0. The van der Waals surface area contributed by atoms with Gasteiger partial charge in [0, 0.05) is 44.1 Å². The molecule has 9 nitrogen and oxygen atoms in total. The van der Waals surface area contributed by atoms with E-state index in [4.69, 9.17) is 0 Å². The topological polar surface area (TPSA) is 119 Å². The lowest BCUT2D eigenvalue weighted by Crippen LogP contribution is -2.38. The second kappa shape index (κ2) is 7.93. The van der Waals surface area contributed by atoms with Crippen LogP contribution in [0, 0.1) is 6.92 Å². The van der Waals surface area contributed by atoms with Crippen LogP contribution >= 0.6 is 0 Å². The monoisotopic (exact) mass is 345 g/mol. The van der Waals surface area contributed by atoms with E-state index in [1.807, 2.05) is 6.07 Å². The van der Waals surface area contributed by atoms with Crippen LogP contribution < -0.4 is 21.1 Å². The number of aromatic amines is 1. The first-order valence-corrected chi connectivity index (χ1v) is 8.42. The van der Waals surface area contributed by atoms with Gasteiger partial charge in [-0.05, 0) is 25.8 Å². The molecule has 0 spiro atoms. The summed E-state index contributed by atoms with van der Waals surface area (Å²) in [4.78, 5) is 29.0. The van der Waals surface area contributed by atoms with Crippen molar-refractivity contribution < 1.29 is 5.11 Å². The fraction of sp³-hybridized carbons (Fsp3) is 0.500. The number of β-amino-alcohol motifs (C(OH)–C–C–N with tert-alkyl or cyclic N) is 1. The van der Waals surface area contributed by atoms with E-state index in [0.29, 0.717) is 37.2 Å². The molecule has 1 aliphatic heterocycles. The Morgan fingerprint density at radius 3 is 3.00 bits per heavy atom. The average molecular weight is 345 g/mol. The molecule has 0 unspecified atom stereocenters. The van der Waals surface area contributed by atoms with Gasteiger partial charge in [0.05, 0.1) is 6.10 Å². The molecule has 0 amide bonds. The van der Waals surface area contributed by atoms with Crippen molar-refractivity contribution in [1.82, 2.24) is 19.9 Å². The zero-order valence-corrected chi connectivity index (χ0v) is 14.2. The number of rotatable bonds is 6. The molecular weight excluding hydrogens is 322 g/mol. The Hall–Kier alpha value is -2.68. The number of aliphatic hydroxyl groups is 1. The van der Waals surface area contributed by atoms with Gasteiger partial charge in [-0.2, -0.15) is 4.98 Å². The molecule has 0 bridgehead atoms. The lowest BCUT2D eigenvalue weighted by Gasteiger charge is -2.31. The maximum Gasteiger partial charge on any atom is 0.252 e. The molecule has 0 aliphatic carbocycles. The number of nitrogens with zero attached hydrogens (tertiary/aromatic N) is 4. The number of aliphatic hydroxyl groups excluding tert-OH is 1. The largest absolute Gasteiger partial charge is 0.391 e. The highest BCUT2D eigenvalue weighted by Crippen LogP contribution is 2.18. The van der Waals surface area contributed by atoms with E-state index in [0.717, 1.165) is 25.2 Å². The summed E-state index contributed by atoms with van der Waals surface area (Å²) in [6, 6.07) is 3.29. The molecule has 2 aromatic rings. The van der Waals surface area contributed by atoms with Crippen molar-refractivity contribution in [2.45, 2.75) is 25.9 Å². The maximum absolute atomic E-state index is 11.4. The third-order valence-electron chi connectivity index (χ3n) is 3.93. The van der Waals surface area contributed by atoms with Crippen molar-refractivity contribution in [3.05, 3.63) is 34.4 Å². The molecule has 1 saturated heterocycles. The molecule has 0 aromatic carbocycles. The van der Waals surface area contributed by atoms with E-state index < -0.39 is 0 Å². The number of H-pyrrole nitrogens is 1. The smallest absolute Gasteiger partial charge is 0.252 e. The molecule has 25 heavy (non-hydrogen) atoms. The highest BCUT2D eigenvalue weighted by Gasteiger charge is 2.19. The Balaban J connectivity index is 1.51. The summed E-state index contributed by atoms with van der Waals surface area (Å²) in [7, 11) is 0. The SMILES string of the molecule is Cc1cc(=O)[nH]c(NCCNc2nccc(N3CCC[C@H](O)C3)n2)n1. The quantitative estimate of drug-likeness (QED) is 0.554. The van der Waals surface area contributed by atoms with Gasteiger partial charge in [-0.25, -0.2) is 9.97 Å². The van der Waals surface area contributed by atoms with E-state index in [9.17, 15) is 9.90 Å². The highest BCUT2D eigenvalue weighted by atomic mass is 16.3. The summed E-state index contributed by atoms with van der Waals surface area (Å²) in [5, 5.41) is 16.0. The molecule has 9 heteroatoms. The Kier molecular flexibility index (Phi) is 5.44. The third kappa shape index (κ3) is 4.90. The molecule has 134 valence electrons. The maximum atomic E-state index is 11.4. The molecule has 3 heterocycles. The minimum absolute atomic E-state index is 0.178. The average Bonchev–Trinajstić information content (AvgIpc) is 2.58. The van der Waals surface area contributed by atoms with Crippen LogP contribution in [0.25, 0.3) is 0 Å². The van der Waals surface area contributed by atoms with Gasteiger partial charge in [0.1, 0.15) is 5.82 Å². The van der Waals surface area contributed by atoms with Crippen molar-refractivity contribution in [1.29, 1.82) is 0 Å². The molecule has 2 aromatic heterocycles. The van der Waals surface area contributed by atoms with Crippen molar-refractivity contribution >= 4 is 17.7 Å². The highest BCUT2D eigenvalue weighted by molar-refractivity contribution is 5.43. The molecule has 1 aliphatic rings. The van der Waals surface area contributed by atoms with Gasteiger partial charge in [-0.1, -0.05) is 0 Å². The number of anilines is 3. The summed E-state index contributed by atoms with van der Waals surface area (Å²) in [6.45, 7) is 4.40. The van der Waals surface area contributed by atoms with E-state index in [2.05, 4.69) is 35.5 Å². The molecule has 0 saturated carbocycles. The number of aromatic nitrogens is 4. The van der Waals surface area contributed by atoms with Crippen LogP contribution in [-0.2, 0) is 0 Å². The van der Waals surface area contributed by atoms with Crippen molar-refractivity contribution in [2.75, 3.05) is 41.7 Å². The first kappa shape index (κ1) is 17.2. The van der Waals surface area contributed by atoms with Gasteiger partial charge in [0.15, 0.2) is 0 Å². The van der Waals surface area contributed by atoms with Crippen LogP contribution in [0.5, 0.6) is 0 Å². The number of hydrogen-bond acceptors (Lipinski definition) is 8. The minimum Gasteiger partial charge on any atom is -0.391 e. The summed E-state index contributed by atoms with van der Waals surface area (Å²) in [6.07, 6.45) is 3.21. The minimum atomic E-state index is -0.298. The first-order valence-electron chi connectivity index (χ1n) is 8.42. The normalized spacial score (nSPS) is 17.4. The first-order chi connectivity index (χ1) is 12.1. The molecule has 0 radical (unpaired) electrons. The van der Waals surface area contributed by atoms with Crippen LogP contribution in [0.4, 0.5) is 17.7 Å². The van der Waals surface area contributed by atoms with Crippen LogP contribution in [0.2, 0.25) is 0 Å². The predicted octanol–water partition coefficient (Wildman–Crippen LogP) is 0.353. The van der Waals surface area contributed by atoms with Crippen molar-refractivity contribution in [2.24, 2.45) is 0 Å². The van der Waals surface area contributed by atoms with Gasteiger partial charge in [-0.15, -0.1) is 0 Å². The Bertz CT molecular complexity index is 764. The number of piperidine rings is 1. The second-order valence-electron chi connectivity index (χ2n) is 6.07. The number of aryl methyl sites for hydroxylation is 1. The molecule has 4 N–H and O–H groups in total. The fourth-order valence-electron chi connectivity index (χ4n) is 2.79. The van der Waals surface area contributed by atoms with E-state index in [-0.39, 0.29) is 11.7 Å². The van der Waals surface area contributed by atoms with E-state index >= 15 is 0 Å². The number of hydrogen-bond donors (Lipinski definition) is 4. The zero-order valence-electron chi connectivity index (χ0n) is 14.2. The molecule has 3 rings (SSSR count). The Morgan fingerprint density at radius 1 is 1.36 bits per heavy atom. The molecular formula is C16H23N7O2. The number of nitrogens with one attached hydrogen (secondary N) is 3. The Labute approximate surface area is 145 Å². The van der Waals surface area contributed by atoms with Crippen LogP contribution in [0.3, 0.4) is 0 Å². The lowest BCUT2D eigenvalue weighted by atomic mass is 10.1. The zero-order chi connectivity index (χ0) is 17.6.